The number of rotatable bonds is 4. The van der Waals surface area contributed by atoms with Crippen LogP contribution in [0.25, 0.3) is 10.7 Å². The molecular weight excluding hydrogens is 268 g/mol. The van der Waals surface area contributed by atoms with Crippen LogP contribution in [0.3, 0.4) is 0 Å². The zero-order valence-corrected chi connectivity index (χ0v) is 11.0. The van der Waals surface area contributed by atoms with Crippen molar-refractivity contribution >= 4 is 29.5 Å². The van der Waals surface area contributed by atoms with Gasteiger partial charge in [-0.1, -0.05) is 12.0 Å². The first-order chi connectivity index (χ1) is 8.72. The Hall–Kier alpha value is -1.91. The van der Waals surface area contributed by atoms with Crippen molar-refractivity contribution in [3.8, 4) is 23.0 Å². The molecule has 0 radical (unpaired) electrons. The van der Waals surface area contributed by atoms with Gasteiger partial charge in [-0.3, -0.25) is 14.5 Å². The average molecular weight is 278 g/mol. The fourth-order valence-corrected chi connectivity index (χ4v) is 2.33. The molecule has 0 spiro atoms. The zero-order valence-electron chi connectivity index (χ0n) is 9.34. The molecule has 2 heterocycles. The van der Waals surface area contributed by atoms with Crippen LogP contribution in [0.15, 0.2) is 17.5 Å². The molecule has 2 N–H and O–H groups in total. The molecule has 0 fully saturated rings. The zero-order chi connectivity index (χ0) is 13.0. The molecule has 0 aliphatic carbocycles. The van der Waals surface area contributed by atoms with Crippen molar-refractivity contribution in [2.75, 3.05) is 6.54 Å². The van der Waals surface area contributed by atoms with Crippen molar-refractivity contribution in [1.29, 1.82) is 0 Å². The highest BCUT2D eigenvalue weighted by Gasteiger charge is 2.12. The molecular formula is C11H10N4OS2. The van der Waals surface area contributed by atoms with Gasteiger partial charge in [-0.15, -0.1) is 17.8 Å². The second kappa shape index (κ2) is 5.62. The summed E-state index contributed by atoms with van der Waals surface area (Å²) in [7, 11) is 0. The molecule has 0 saturated heterocycles. The van der Waals surface area contributed by atoms with E-state index in [2.05, 4.69) is 21.4 Å². The van der Waals surface area contributed by atoms with Gasteiger partial charge in [-0.2, -0.15) is 5.10 Å². The van der Waals surface area contributed by atoms with Crippen LogP contribution in [0, 0.1) is 17.1 Å². The molecule has 18 heavy (non-hydrogen) atoms. The van der Waals surface area contributed by atoms with Gasteiger partial charge in [-0.25, -0.2) is 0 Å². The SMILES string of the molecule is C#CCNC(=O)Cn1c(-c2cccs2)n[nH]c1=S. The van der Waals surface area contributed by atoms with E-state index in [9.17, 15) is 4.79 Å². The molecule has 0 saturated carbocycles. The van der Waals surface area contributed by atoms with Gasteiger partial charge in [0.05, 0.1) is 11.4 Å². The van der Waals surface area contributed by atoms with Crippen LogP contribution in [-0.4, -0.2) is 27.2 Å². The van der Waals surface area contributed by atoms with Crippen LogP contribution >= 0.6 is 23.6 Å². The molecule has 0 aliphatic rings. The summed E-state index contributed by atoms with van der Waals surface area (Å²) in [5, 5.41) is 11.3. The minimum Gasteiger partial charge on any atom is -0.344 e. The highest BCUT2D eigenvalue weighted by atomic mass is 32.1. The number of hydrogen-bond donors (Lipinski definition) is 2. The number of thiophene rings is 1. The largest absolute Gasteiger partial charge is 0.344 e. The lowest BCUT2D eigenvalue weighted by Gasteiger charge is -2.05. The van der Waals surface area contributed by atoms with E-state index in [1.54, 1.807) is 4.57 Å². The lowest BCUT2D eigenvalue weighted by molar-refractivity contribution is -0.121. The predicted molar refractivity (Wildman–Crippen MR) is 72.6 cm³/mol. The van der Waals surface area contributed by atoms with Crippen molar-refractivity contribution in [2.24, 2.45) is 0 Å². The van der Waals surface area contributed by atoms with Crippen LogP contribution < -0.4 is 5.32 Å². The molecule has 2 aromatic rings. The summed E-state index contributed by atoms with van der Waals surface area (Å²) in [6.45, 7) is 0.308. The normalized spacial score (nSPS) is 9.94. The standard InChI is InChI=1S/C11H10N4OS2/c1-2-5-12-9(16)7-15-10(13-14-11(15)17)8-4-3-6-18-8/h1,3-4,6H,5,7H2,(H,12,16)(H,14,17). The van der Waals surface area contributed by atoms with E-state index in [1.807, 2.05) is 17.5 Å². The third kappa shape index (κ3) is 2.67. The number of H-pyrrole nitrogens is 1. The van der Waals surface area contributed by atoms with Crippen molar-refractivity contribution in [3.63, 3.8) is 0 Å². The maximum atomic E-state index is 11.6. The summed E-state index contributed by atoms with van der Waals surface area (Å²) < 4.78 is 2.06. The maximum Gasteiger partial charge on any atom is 0.240 e. The van der Waals surface area contributed by atoms with E-state index in [4.69, 9.17) is 18.6 Å². The fourth-order valence-electron chi connectivity index (χ4n) is 1.41. The molecule has 2 aromatic heterocycles. The Bertz CT molecular complexity index is 633. The Morgan fingerprint density at radius 2 is 2.56 bits per heavy atom. The van der Waals surface area contributed by atoms with Gasteiger partial charge in [0.1, 0.15) is 6.54 Å². The molecule has 0 atom stereocenters. The summed E-state index contributed by atoms with van der Waals surface area (Å²) in [6.07, 6.45) is 5.08. The maximum absolute atomic E-state index is 11.6. The average Bonchev–Trinajstić information content (AvgIpc) is 2.98. The van der Waals surface area contributed by atoms with Gasteiger partial charge in [-0.05, 0) is 23.7 Å². The number of aromatic amines is 1. The molecule has 5 nitrogen and oxygen atoms in total. The summed E-state index contributed by atoms with van der Waals surface area (Å²) in [5.41, 5.74) is 0. The minimum absolute atomic E-state index is 0.101. The van der Waals surface area contributed by atoms with Gasteiger partial charge < -0.3 is 5.32 Å². The Labute approximate surface area is 113 Å². The summed E-state index contributed by atoms with van der Waals surface area (Å²) >= 11 is 6.64. The molecule has 92 valence electrons. The highest BCUT2D eigenvalue weighted by Crippen LogP contribution is 2.22. The second-order valence-corrected chi connectivity index (χ2v) is 4.73. The lowest BCUT2D eigenvalue weighted by atomic mass is 10.4. The van der Waals surface area contributed by atoms with E-state index < -0.39 is 0 Å². The Balaban J connectivity index is 2.23. The third-order valence-electron chi connectivity index (χ3n) is 2.19. The van der Waals surface area contributed by atoms with Crippen molar-refractivity contribution in [2.45, 2.75) is 6.54 Å². The summed E-state index contributed by atoms with van der Waals surface area (Å²) in [5.74, 6) is 2.81. The molecule has 0 unspecified atom stereocenters. The van der Waals surface area contributed by atoms with E-state index >= 15 is 0 Å². The Kier molecular flexibility index (Phi) is 3.92. The van der Waals surface area contributed by atoms with Gasteiger partial charge >= 0.3 is 0 Å². The summed E-state index contributed by atoms with van der Waals surface area (Å²) in [6, 6.07) is 3.84. The molecule has 0 bridgehead atoms. The van der Waals surface area contributed by atoms with E-state index in [0.717, 1.165) is 4.88 Å². The monoisotopic (exact) mass is 278 g/mol. The van der Waals surface area contributed by atoms with E-state index in [1.165, 1.54) is 11.3 Å². The number of carbonyl (C=O) groups excluding carboxylic acids is 1. The number of nitrogens with zero attached hydrogens (tertiary/aromatic N) is 2. The first kappa shape index (κ1) is 12.5. The van der Waals surface area contributed by atoms with Crippen LogP contribution in [0.2, 0.25) is 0 Å². The second-order valence-electron chi connectivity index (χ2n) is 3.40. The summed E-state index contributed by atoms with van der Waals surface area (Å²) in [4.78, 5) is 12.6. The first-order valence-electron chi connectivity index (χ1n) is 5.11. The highest BCUT2D eigenvalue weighted by molar-refractivity contribution is 7.71. The van der Waals surface area contributed by atoms with Gasteiger partial charge in [0, 0.05) is 0 Å². The number of carbonyl (C=O) groups is 1. The minimum atomic E-state index is -0.191. The van der Waals surface area contributed by atoms with Gasteiger partial charge in [0.25, 0.3) is 0 Å². The predicted octanol–water partition coefficient (Wildman–Crippen LogP) is 1.42. The van der Waals surface area contributed by atoms with Crippen LogP contribution in [0.5, 0.6) is 0 Å². The number of hydrogen-bond acceptors (Lipinski definition) is 4. The Morgan fingerprint density at radius 1 is 1.72 bits per heavy atom. The van der Waals surface area contributed by atoms with Crippen molar-refractivity contribution in [1.82, 2.24) is 20.1 Å². The topological polar surface area (TPSA) is 62.7 Å². The first-order valence-corrected chi connectivity index (χ1v) is 6.40. The molecule has 0 aliphatic heterocycles. The third-order valence-corrected chi connectivity index (χ3v) is 3.37. The lowest BCUT2D eigenvalue weighted by Crippen LogP contribution is -2.28. The quantitative estimate of drug-likeness (QED) is 0.657. The number of aromatic nitrogens is 3. The smallest absolute Gasteiger partial charge is 0.240 e. The molecule has 0 aromatic carbocycles. The van der Waals surface area contributed by atoms with E-state index in [-0.39, 0.29) is 19.0 Å². The molecule has 2 rings (SSSR count). The fraction of sp³-hybridized carbons (Fsp3) is 0.182. The van der Waals surface area contributed by atoms with Gasteiger partial charge in [0.2, 0.25) is 5.91 Å². The van der Waals surface area contributed by atoms with E-state index in [0.29, 0.717) is 10.6 Å². The van der Waals surface area contributed by atoms with Gasteiger partial charge in [0.15, 0.2) is 10.6 Å². The van der Waals surface area contributed by atoms with Crippen molar-refractivity contribution in [3.05, 3.63) is 22.3 Å². The molecule has 7 heteroatoms. The van der Waals surface area contributed by atoms with Crippen LogP contribution in [0.4, 0.5) is 0 Å². The Morgan fingerprint density at radius 3 is 3.22 bits per heavy atom. The number of amides is 1. The number of terminal acetylenes is 1. The van der Waals surface area contributed by atoms with Crippen LogP contribution in [-0.2, 0) is 11.3 Å². The number of nitrogens with one attached hydrogen (secondary N) is 2. The molecule has 1 amide bonds. The van der Waals surface area contributed by atoms with Crippen molar-refractivity contribution < 1.29 is 4.79 Å². The van der Waals surface area contributed by atoms with Crippen LogP contribution in [0.1, 0.15) is 0 Å².